The first-order valence-electron chi connectivity index (χ1n) is 5.36. The summed E-state index contributed by atoms with van der Waals surface area (Å²) in [6.45, 7) is 3.49. The van der Waals surface area contributed by atoms with E-state index in [0.29, 0.717) is 0 Å². The Morgan fingerprint density at radius 1 is 1.50 bits per heavy atom. The molecule has 16 heavy (non-hydrogen) atoms. The zero-order valence-corrected chi connectivity index (χ0v) is 9.26. The van der Waals surface area contributed by atoms with Gasteiger partial charge in [0, 0.05) is 12.2 Å². The number of amides is 1. The third kappa shape index (κ3) is 2.23. The molecule has 1 aliphatic heterocycles. The number of carbonyl (C=O) groups excluding carboxylic acids is 1. The van der Waals surface area contributed by atoms with E-state index >= 15 is 0 Å². The lowest BCUT2D eigenvalue weighted by molar-refractivity contribution is -0.111. The summed E-state index contributed by atoms with van der Waals surface area (Å²) >= 11 is 0. The van der Waals surface area contributed by atoms with Crippen molar-refractivity contribution in [1.29, 1.82) is 0 Å². The van der Waals surface area contributed by atoms with E-state index in [1.54, 1.807) is 6.92 Å². The van der Waals surface area contributed by atoms with E-state index in [9.17, 15) is 4.79 Å². The smallest absolute Gasteiger partial charge is 0.300 e. The number of fused-ring (bicyclic) bond motifs is 1. The Bertz CT molecular complexity index is 469. The van der Waals surface area contributed by atoms with E-state index in [4.69, 9.17) is 0 Å². The van der Waals surface area contributed by atoms with E-state index in [-0.39, 0.29) is 5.91 Å². The molecule has 0 fully saturated rings. The largest absolute Gasteiger partial charge is 0.315 e. The molecule has 1 aliphatic rings. The minimum absolute atomic E-state index is 0.241. The topological polar surface area (TPSA) is 41.1 Å². The fraction of sp³-hybridized carbons (Fsp3) is 0.308. The van der Waals surface area contributed by atoms with Crippen molar-refractivity contribution in [3.05, 3.63) is 29.3 Å². The summed E-state index contributed by atoms with van der Waals surface area (Å²) < 4.78 is 0. The fourth-order valence-electron chi connectivity index (χ4n) is 1.92. The van der Waals surface area contributed by atoms with Gasteiger partial charge in [-0.15, -0.1) is 0 Å². The van der Waals surface area contributed by atoms with Crippen LogP contribution in [0.3, 0.4) is 0 Å². The molecule has 0 radical (unpaired) electrons. The zero-order chi connectivity index (χ0) is 11.4. The molecule has 0 spiro atoms. The lowest BCUT2D eigenvalue weighted by atomic mass is 9.99. The molecule has 2 N–H and O–H groups in total. The number of benzene rings is 1. The lowest BCUT2D eigenvalue weighted by Crippen LogP contribution is -2.25. The molecule has 0 bridgehead atoms. The summed E-state index contributed by atoms with van der Waals surface area (Å²) in [6.07, 6.45) is 0.950. The number of nitrogens with one attached hydrogen (secondary N) is 2. The summed E-state index contributed by atoms with van der Waals surface area (Å²) in [5.74, 6) is 4.84. The van der Waals surface area contributed by atoms with Gasteiger partial charge >= 0.3 is 0 Å². The van der Waals surface area contributed by atoms with Crippen molar-refractivity contribution < 1.29 is 4.79 Å². The Morgan fingerprint density at radius 2 is 2.38 bits per heavy atom. The predicted molar refractivity (Wildman–Crippen MR) is 63.9 cm³/mol. The van der Waals surface area contributed by atoms with Crippen LogP contribution < -0.4 is 10.6 Å². The highest BCUT2D eigenvalue weighted by atomic mass is 16.1. The van der Waals surface area contributed by atoms with Crippen LogP contribution in [0.4, 0.5) is 5.69 Å². The Balaban J connectivity index is 2.26. The minimum atomic E-state index is -0.241. The molecular formula is C13H14N2O. The molecule has 1 heterocycles. The molecule has 0 aromatic heterocycles. The number of anilines is 1. The molecule has 0 saturated heterocycles. The van der Waals surface area contributed by atoms with E-state index in [1.807, 2.05) is 12.1 Å². The van der Waals surface area contributed by atoms with Gasteiger partial charge in [-0.05, 0) is 43.0 Å². The second kappa shape index (κ2) is 4.82. The molecule has 0 aliphatic carbocycles. The highest BCUT2D eigenvalue weighted by molar-refractivity contribution is 6.04. The van der Waals surface area contributed by atoms with Crippen molar-refractivity contribution in [2.24, 2.45) is 0 Å². The van der Waals surface area contributed by atoms with Gasteiger partial charge in [-0.2, -0.15) is 0 Å². The molecule has 1 aromatic carbocycles. The highest BCUT2D eigenvalue weighted by Crippen LogP contribution is 2.22. The van der Waals surface area contributed by atoms with Gasteiger partial charge in [0.05, 0.1) is 0 Å². The monoisotopic (exact) mass is 214 g/mol. The van der Waals surface area contributed by atoms with Crippen LogP contribution in [0.25, 0.3) is 0 Å². The average molecular weight is 214 g/mol. The van der Waals surface area contributed by atoms with E-state index in [2.05, 4.69) is 28.5 Å². The zero-order valence-electron chi connectivity index (χ0n) is 9.26. The van der Waals surface area contributed by atoms with Crippen LogP contribution in [0.1, 0.15) is 18.1 Å². The van der Waals surface area contributed by atoms with Crippen LogP contribution in [0, 0.1) is 11.8 Å². The molecular weight excluding hydrogens is 200 g/mol. The Hall–Kier alpha value is -1.79. The quantitative estimate of drug-likeness (QED) is 0.692. The van der Waals surface area contributed by atoms with Crippen LogP contribution >= 0.6 is 0 Å². The number of hydrogen-bond donors (Lipinski definition) is 2. The minimum Gasteiger partial charge on any atom is -0.315 e. The fourth-order valence-corrected chi connectivity index (χ4v) is 1.92. The van der Waals surface area contributed by atoms with Gasteiger partial charge in [0.1, 0.15) is 0 Å². The Labute approximate surface area is 95.2 Å². The van der Waals surface area contributed by atoms with Gasteiger partial charge in [-0.3, -0.25) is 4.79 Å². The van der Waals surface area contributed by atoms with Crippen molar-refractivity contribution in [3.63, 3.8) is 0 Å². The maximum Gasteiger partial charge on any atom is 0.300 e. The molecule has 1 amide bonds. The van der Waals surface area contributed by atoms with Gasteiger partial charge in [0.25, 0.3) is 5.91 Å². The van der Waals surface area contributed by atoms with Crippen molar-refractivity contribution in [2.75, 3.05) is 11.9 Å². The highest BCUT2D eigenvalue weighted by Gasteiger charge is 2.12. The molecule has 1 aromatic rings. The molecule has 2 rings (SSSR count). The van der Waals surface area contributed by atoms with Crippen molar-refractivity contribution >= 4 is 11.6 Å². The van der Waals surface area contributed by atoms with E-state index in [1.165, 1.54) is 11.1 Å². The molecule has 0 unspecified atom stereocenters. The summed E-state index contributed by atoms with van der Waals surface area (Å²) in [5.41, 5.74) is 3.38. The van der Waals surface area contributed by atoms with Crippen LogP contribution in [-0.2, 0) is 17.8 Å². The Morgan fingerprint density at radius 3 is 3.19 bits per heavy atom. The van der Waals surface area contributed by atoms with Gasteiger partial charge in [0.15, 0.2) is 0 Å². The molecule has 3 heteroatoms. The van der Waals surface area contributed by atoms with Crippen LogP contribution in [-0.4, -0.2) is 12.5 Å². The standard InChI is InChI=1S/C13H14N2O/c1-2-4-13(16)15-12-6-3-5-10-9-14-8-7-11(10)12/h3,5-6,14H,7-9H2,1H3,(H,15,16). The first kappa shape index (κ1) is 10.7. The van der Waals surface area contributed by atoms with Gasteiger partial charge in [-0.1, -0.05) is 18.1 Å². The summed E-state index contributed by atoms with van der Waals surface area (Å²) in [6, 6.07) is 5.98. The average Bonchev–Trinajstić information content (AvgIpc) is 2.30. The first-order chi connectivity index (χ1) is 7.81. The van der Waals surface area contributed by atoms with E-state index < -0.39 is 0 Å². The van der Waals surface area contributed by atoms with Crippen LogP contribution in [0.5, 0.6) is 0 Å². The summed E-state index contributed by atoms with van der Waals surface area (Å²) in [7, 11) is 0. The normalized spacial score (nSPS) is 13.3. The van der Waals surface area contributed by atoms with Gasteiger partial charge < -0.3 is 10.6 Å². The molecule has 82 valence electrons. The second-order valence-electron chi connectivity index (χ2n) is 3.70. The lowest BCUT2D eigenvalue weighted by Gasteiger charge is -2.19. The van der Waals surface area contributed by atoms with E-state index in [0.717, 1.165) is 25.2 Å². The Kier molecular flexibility index (Phi) is 3.23. The van der Waals surface area contributed by atoms with Crippen molar-refractivity contribution in [2.45, 2.75) is 19.9 Å². The first-order valence-corrected chi connectivity index (χ1v) is 5.36. The number of carbonyl (C=O) groups is 1. The van der Waals surface area contributed by atoms with Crippen molar-refractivity contribution in [1.82, 2.24) is 5.32 Å². The van der Waals surface area contributed by atoms with Gasteiger partial charge in [0.2, 0.25) is 0 Å². The van der Waals surface area contributed by atoms with Crippen molar-refractivity contribution in [3.8, 4) is 11.8 Å². The third-order valence-corrected chi connectivity index (χ3v) is 2.63. The predicted octanol–water partition coefficient (Wildman–Crippen LogP) is 1.29. The molecule has 0 saturated carbocycles. The maximum absolute atomic E-state index is 11.4. The van der Waals surface area contributed by atoms with Crippen LogP contribution in [0.15, 0.2) is 18.2 Å². The van der Waals surface area contributed by atoms with Crippen LogP contribution in [0.2, 0.25) is 0 Å². The molecule has 0 atom stereocenters. The SMILES string of the molecule is CC#CC(=O)Nc1cccc2c1CCNC2. The summed E-state index contributed by atoms with van der Waals surface area (Å²) in [4.78, 5) is 11.4. The van der Waals surface area contributed by atoms with Gasteiger partial charge in [-0.25, -0.2) is 0 Å². The number of rotatable bonds is 1. The summed E-state index contributed by atoms with van der Waals surface area (Å²) in [5, 5.41) is 6.14. The number of hydrogen-bond acceptors (Lipinski definition) is 2. The molecule has 3 nitrogen and oxygen atoms in total. The second-order valence-corrected chi connectivity index (χ2v) is 3.70. The maximum atomic E-state index is 11.4. The third-order valence-electron chi connectivity index (χ3n) is 2.63.